The van der Waals surface area contributed by atoms with Crippen LogP contribution in [0.25, 0.3) is 0 Å². The molecule has 0 spiro atoms. The third-order valence-corrected chi connectivity index (χ3v) is 3.57. The van der Waals surface area contributed by atoms with E-state index in [2.05, 4.69) is 37.4 Å². The number of hydrogen-bond donors (Lipinski definition) is 1. The van der Waals surface area contributed by atoms with Gasteiger partial charge in [0.2, 0.25) is 0 Å². The zero-order chi connectivity index (χ0) is 14.5. The van der Waals surface area contributed by atoms with Crippen LogP contribution in [0.15, 0.2) is 30.5 Å². The molecule has 0 radical (unpaired) electrons. The number of hydrogen-bond acceptors (Lipinski definition) is 2. The van der Waals surface area contributed by atoms with E-state index in [4.69, 9.17) is 11.6 Å². The van der Waals surface area contributed by atoms with Crippen molar-refractivity contribution in [3.05, 3.63) is 52.3 Å². The molecule has 1 heterocycles. The Balaban J connectivity index is 2.02. The van der Waals surface area contributed by atoms with Gasteiger partial charge in [-0.25, -0.2) is 0 Å². The van der Waals surface area contributed by atoms with Gasteiger partial charge < -0.3 is 5.32 Å². The van der Waals surface area contributed by atoms with E-state index in [0.717, 1.165) is 29.4 Å². The van der Waals surface area contributed by atoms with Gasteiger partial charge in [0, 0.05) is 23.3 Å². The summed E-state index contributed by atoms with van der Waals surface area (Å²) in [5.74, 6) is 0.661. The Hall–Kier alpha value is -1.32. The van der Waals surface area contributed by atoms with Gasteiger partial charge >= 0.3 is 0 Å². The minimum Gasteiger partial charge on any atom is -0.312 e. The van der Waals surface area contributed by atoms with Gasteiger partial charge in [-0.05, 0) is 31.0 Å². The fourth-order valence-electron chi connectivity index (χ4n) is 2.11. The van der Waals surface area contributed by atoms with Crippen LogP contribution in [0.2, 0.25) is 5.02 Å². The molecule has 0 aliphatic carbocycles. The average Bonchev–Trinajstić information content (AvgIpc) is 2.72. The summed E-state index contributed by atoms with van der Waals surface area (Å²) in [4.78, 5) is 0. The predicted octanol–water partition coefficient (Wildman–Crippen LogP) is 3.64. The molecule has 0 saturated heterocycles. The highest BCUT2D eigenvalue weighted by molar-refractivity contribution is 6.31. The van der Waals surface area contributed by atoms with E-state index >= 15 is 0 Å². The Labute approximate surface area is 126 Å². The van der Waals surface area contributed by atoms with E-state index in [1.165, 1.54) is 5.56 Å². The smallest absolute Gasteiger partial charge is 0.0674 e. The minimum absolute atomic E-state index is 0.661. The predicted molar refractivity (Wildman–Crippen MR) is 84.1 cm³/mol. The maximum atomic E-state index is 6.19. The second kappa shape index (κ2) is 6.91. The van der Waals surface area contributed by atoms with Crippen molar-refractivity contribution < 1.29 is 0 Å². The lowest BCUT2D eigenvalue weighted by Crippen LogP contribution is -2.19. The fourth-order valence-corrected chi connectivity index (χ4v) is 2.31. The molecule has 0 atom stereocenters. The lowest BCUT2D eigenvalue weighted by molar-refractivity contribution is 0.551. The van der Waals surface area contributed by atoms with Crippen LogP contribution < -0.4 is 5.32 Å². The number of benzene rings is 1. The van der Waals surface area contributed by atoms with Gasteiger partial charge in [-0.1, -0.05) is 43.6 Å². The SMILES string of the molecule is Cc1nn(Cc2ccccc2Cl)cc1CNCC(C)C. The van der Waals surface area contributed by atoms with Gasteiger partial charge in [0.25, 0.3) is 0 Å². The Bertz CT molecular complexity index is 561. The maximum Gasteiger partial charge on any atom is 0.0674 e. The molecular formula is C16H22ClN3. The molecule has 108 valence electrons. The molecule has 0 saturated carbocycles. The number of aromatic nitrogens is 2. The molecule has 20 heavy (non-hydrogen) atoms. The Morgan fingerprint density at radius 2 is 2.00 bits per heavy atom. The highest BCUT2D eigenvalue weighted by Gasteiger charge is 2.07. The van der Waals surface area contributed by atoms with Crippen molar-refractivity contribution in [3.63, 3.8) is 0 Å². The summed E-state index contributed by atoms with van der Waals surface area (Å²) in [6.07, 6.45) is 2.10. The lowest BCUT2D eigenvalue weighted by atomic mass is 10.2. The van der Waals surface area contributed by atoms with Gasteiger partial charge in [-0.3, -0.25) is 4.68 Å². The summed E-state index contributed by atoms with van der Waals surface area (Å²) < 4.78 is 1.96. The van der Waals surface area contributed by atoms with Gasteiger partial charge in [-0.15, -0.1) is 0 Å². The minimum atomic E-state index is 0.661. The van der Waals surface area contributed by atoms with Crippen LogP contribution in [-0.4, -0.2) is 16.3 Å². The van der Waals surface area contributed by atoms with Crippen molar-refractivity contribution in [3.8, 4) is 0 Å². The van der Waals surface area contributed by atoms with E-state index in [9.17, 15) is 0 Å². The number of rotatable bonds is 6. The second-order valence-corrected chi connectivity index (χ2v) is 5.96. The molecular weight excluding hydrogens is 270 g/mol. The monoisotopic (exact) mass is 291 g/mol. The van der Waals surface area contributed by atoms with Gasteiger partial charge in [0.1, 0.15) is 0 Å². The van der Waals surface area contributed by atoms with Gasteiger partial charge in [0.05, 0.1) is 12.2 Å². The number of aryl methyl sites for hydroxylation is 1. The topological polar surface area (TPSA) is 29.9 Å². The third-order valence-electron chi connectivity index (χ3n) is 3.21. The molecule has 0 fully saturated rings. The first-order valence-corrected chi connectivity index (χ1v) is 7.41. The molecule has 1 N–H and O–H groups in total. The van der Waals surface area contributed by atoms with E-state index in [1.807, 2.05) is 28.9 Å². The van der Waals surface area contributed by atoms with Crippen LogP contribution >= 0.6 is 11.6 Å². The molecule has 4 heteroatoms. The summed E-state index contributed by atoms with van der Waals surface area (Å²) in [5.41, 5.74) is 3.42. The van der Waals surface area contributed by atoms with Crippen molar-refractivity contribution in [1.82, 2.24) is 15.1 Å². The fraction of sp³-hybridized carbons (Fsp3) is 0.438. The molecule has 0 unspecified atom stereocenters. The summed E-state index contributed by atoms with van der Waals surface area (Å²) in [6.45, 7) is 9.07. The molecule has 0 amide bonds. The molecule has 0 aliphatic heterocycles. The van der Waals surface area contributed by atoms with Crippen LogP contribution in [0, 0.1) is 12.8 Å². The van der Waals surface area contributed by atoms with Gasteiger partial charge in [0.15, 0.2) is 0 Å². The maximum absolute atomic E-state index is 6.19. The van der Waals surface area contributed by atoms with Crippen LogP contribution in [0.1, 0.15) is 30.7 Å². The first kappa shape index (κ1) is 15.1. The Morgan fingerprint density at radius 1 is 1.25 bits per heavy atom. The van der Waals surface area contributed by atoms with Crippen molar-refractivity contribution in [1.29, 1.82) is 0 Å². The first-order chi connectivity index (χ1) is 9.56. The second-order valence-electron chi connectivity index (χ2n) is 5.55. The molecule has 0 bridgehead atoms. The quantitative estimate of drug-likeness (QED) is 0.880. The van der Waals surface area contributed by atoms with E-state index in [-0.39, 0.29) is 0 Å². The zero-order valence-electron chi connectivity index (χ0n) is 12.4. The van der Waals surface area contributed by atoms with Crippen molar-refractivity contribution in [2.75, 3.05) is 6.54 Å². The van der Waals surface area contributed by atoms with Crippen LogP contribution in [-0.2, 0) is 13.1 Å². The molecule has 1 aromatic carbocycles. The Morgan fingerprint density at radius 3 is 2.70 bits per heavy atom. The zero-order valence-corrected chi connectivity index (χ0v) is 13.1. The summed E-state index contributed by atoms with van der Waals surface area (Å²) in [5, 5.41) is 8.81. The molecule has 2 aromatic rings. The lowest BCUT2D eigenvalue weighted by Gasteiger charge is -2.06. The van der Waals surface area contributed by atoms with E-state index in [1.54, 1.807) is 0 Å². The average molecular weight is 292 g/mol. The highest BCUT2D eigenvalue weighted by atomic mass is 35.5. The molecule has 1 aromatic heterocycles. The third kappa shape index (κ3) is 4.09. The number of nitrogens with zero attached hydrogens (tertiary/aromatic N) is 2. The van der Waals surface area contributed by atoms with Crippen LogP contribution in [0.5, 0.6) is 0 Å². The standard InChI is InChI=1S/C16H22ClN3/c1-12(2)8-18-9-15-11-20(19-13(15)3)10-14-6-4-5-7-16(14)17/h4-7,11-12,18H,8-10H2,1-3H3. The summed E-state index contributed by atoms with van der Waals surface area (Å²) >= 11 is 6.19. The normalized spacial score (nSPS) is 11.2. The molecule has 3 nitrogen and oxygen atoms in total. The van der Waals surface area contributed by atoms with Crippen LogP contribution in [0.3, 0.4) is 0 Å². The number of halogens is 1. The van der Waals surface area contributed by atoms with Crippen molar-refractivity contribution >= 4 is 11.6 Å². The summed E-state index contributed by atoms with van der Waals surface area (Å²) in [7, 11) is 0. The molecule has 2 rings (SSSR count). The first-order valence-electron chi connectivity index (χ1n) is 7.03. The van der Waals surface area contributed by atoms with E-state index in [0.29, 0.717) is 12.5 Å². The van der Waals surface area contributed by atoms with Crippen molar-refractivity contribution in [2.45, 2.75) is 33.9 Å². The largest absolute Gasteiger partial charge is 0.312 e. The van der Waals surface area contributed by atoms with Gasteiger partial charge in [-0.2, -0.15) is 5.10 Å². The Kier molecular flexibility index (Phi) is 5.21. The van der Waals surface area contributed by atoms with Crippen LogP contribution in [0.4, 0.5) is 0 Å². The summed E-state index contributed by atoms with van der Waals surface area (Å²) in [6, 6.07) is 7.90. The molecule has 0 aliphatic rings. The van der Waals surface area contributed by atoms with E-state index < -0.39 is 0 Å². The number of nitrogens with one attached hydrogen (secondary N) is 1. The van der Waals surface area contributed by atoms with Crippen molar-refractivity contribution in [2.24, 2.45) is 5.92 Å². The highest BCUT2D eigenvalue weighted by Crippen LogP contribution is 2.16.